The minimum Gasteiger partial charge on any atom is -0.494 e. The van der Waals surface area contributed by atoms with Gasteiger partial charge in [-0.05, 0) is 30.7 Å². The average Bonchev–Trinajstić information content (AvgIpc) is 2.50. The van der Waals surface area contributed by atoms with Crippen molar-refractivity contribution >= 4 is 11.9 Å². The van der Waals surface area contributed by atoms with Crippen LogP contribution >= 0.6 is 0 Å². The zero-order valence-electron chi connectivity index (χ0n) is 12.3. The monoisotopic (exact) mass is 336 g/mol. The van der Waals surface area contributed by atoms with Crippen LogP contribution in [-0.4, -0.2) is 16.3 Å². The van der Waals surface area contributed by atoms with Crippen LogP contribution in [0.1, 0.15) is 22.3 Å². The molecule has 1 aromatic carbocycles. The van der Waals surface area contributed by atoms with Crippen LogP contribution in [0.3, 0.4) is 0 Å². The Kier molecular flexibility index (Phi) is 4.59. The van der Waals surface area contributed by atoms with Crippen molar-refractivity contribution in [3.63, 3.8) is 0 Å². The Hall–Kier alpha value is -3.28. The molecule has 0 fully saturated rings. The van der Waals surface area contributed by atoms with Crippen LogP contribution in [0.25, 0.3) is 0 Å². The lowest BCUT2D eigenvalue weighted by Gasteiger charge is -2.08. The maximum Gasteiger partial charge on any atom is 0.416 e. The summed E-state index contributed by atoms with van der Waals surface area (Å²) < 4.78 is 37.9. The number of halogens is 3. The van der Waals surface area contributed by atoms with Crippen LogP contribution in [0.5, 0.6) is 5.88 Å². The molecule has 0 saturated heterocycles. The Morgan fingerprint density at radius 3 is 2.75 bits per heavy atom. The molecular formula is C15H11F3N4O2. The van der Waals surface area contributed by atoms with Gasteiger partial charge in [-0.3, -0.25) is 15.2 Å². The third-order valence-electron chi connectivity index (χ3n) is 3.18. The van der Waals surface area contributed by atoms with Gasteiger partial charge in [0.1, 0.15) is 11.6 Å². The summed E-state index contributed by atoms with van der Waals surface area (Å²) in [5, 5.41) is 22.3. The third kappa shape index (κ3) is 3.55. The van der Waals surface area contributed by atoms with E-state index in [0.717, 1.165) is 18.3 Å². The van der Waals surface area contributed by atoms with E-state index in [0.29, 0.717) is 0 Å². The number of H-pyrrole nitrogens is 1. The van der Waals surface area contributed by atoms with Crippen LogP contribution in [0, 0.1) is 18.3 Å². The molecule has 24 heavy (non-hydrogen) atoms. The predicted octanol–water partition coefficient (Wildman–Crippen LogP) is 2.73. The number of aromatic amines is 1. The summed E-state index contributed by atoms with van der Waals surface area (Å²) in [6.45, 7) is 1.44. The molecule has 0 bridgehead atoms. The Bertz CT molecular complexity index is 895. The first-order valence-electron chi connectivity index (χ1n) is 6.56. The number of hydrogen-bond donors (Lipinski definition) is 3. The highest BCUT2D eigenvalue weighted by molar-refractivity contribution is 5.85. The van der Waals surface area contributed by atoms with Gasteiger partial charge in [-0.15, -0.1) is 0 Å². The number of alkyl halides is 3. The second-order valence-electron chi connectivity index (χ2n) is 4.78. The number of pyridine rings is 1. The fraction of sp³-hybridized carbons (Fsp3) is 0.133. The minimum atomic E-state index is -4.48. The Morgan fingerprint density at radius 1 is 1.42 bits per heavy atom. The van der Waals surface area contributed by atoms with E-state index in [1.54, 1.807) is 6.07 Å². The van der Waals surface area contributed by atoms with Gasteiger partial charge in [0.15, 0.2) is 0 Å². The molecule has 6 nitrogen and oxygen atoms in total. The summed E-state index contributed by atoms with van der Waals surface area (Å²) >= 11 is 0. The van der Waals surface area contributed by atoms with E-state index in [2.05, 4.69) is 15.5 Å². The molecule has 0 aliphatic heterocycles. The van der Waals surface area contributed by atoms with Crippen LogP contribution in [0.4, 0.5) is 18.9 Å². The smallest absolute Gasteiger partial charge is 0.416 e. The minimum absolute atomic E-state index is 0.0747. The molecule has 0 saturated carbocycles. The van der Waals surface area contributed by atoms with Gasteiger partial charge < -0.3 is 5.11 Å². The van der Waals surface area contributed by atoms with Gasteiger partial charge in [-0.2, -0.15) is 23.5 Å². The van der Waals surface area contributed by atoms with Gasteiger partial charge in [-0.25, -0.2) is 0 Å². The molecule has 0 aliphatic carbocycles. The molecule has 1 aromatic heterocycles. The largest absolute Gasteiger partial charge is 0.494 e. The lowest BCUT2D eigenvalue weighted by atomic mass is 10.1. The van der Waals surface area contributed by atoms with Crippen molar-refractivity contribution in [2.24, 2.45) is 5.10 Å². The molecule has 0 aliphatic rings. The fourth-order valence-corrected chi connectivity index (χ4v) is 1.95. The summed E-state index contributed by atoms with van der Waals surface area (Å²) in [5.41, 5.74) is 0.996. The summed E-state index contributed by atoms with van der Waals surface area (Å²) in [4.78, 5) is 13.6. The second kappa shape index (κ2) is 6.45. The summed E-state index contributed by atoms with van der Waals surface area (Å²) in [6.07, 6.45) is -3.38. The number of nitrogens with one attached hydrogen (secondary N) is 2. The lowest BCUT2D eigenvalue weighted by molar-refractivity contribution is -0.137. The molecule has 9 heteroatoms. The maximum atomic E-state index is 12.6. The molecule has 1 heterocycles. The van der Waals surface area contributed by atoms with Crippen molar-refractivity contribution < 1.29 is 18.3 Å². The van der Waals surface area contributed by atoms with E-state index >= 15 is 0 Å². The van der Waals surface area contributed by atoms with Gasteiger partial charge in [-0.1, -0.05) is 6.07 Å². The van der Waals surface area contributed by atoms with E-state index < -0.39 is 23.2 Å². The van der Waals surface area contributed by atoms with Crippen molar-refractivity contribution in [3.8, 4) is 11.9 Å². The van der Waals surface area contributed by atoms with Crippen LogP contribution in [0.15, 0.2) is 34.2 Å². The maximum absolute atomic E-state index is 12.6. The highest BCUT2D eigenvalue weighted by Gasteiger charge is 2.30. The first kappa shape index (κ1) is 17.1. The summed E-state index contributed by atoms with van der Waals surface area (Å²) in [6, 6.07) is 6.10. The van der Waals surface area contributed by atoms with Crippen molar-refractivity contribution in [1.29, 1.82) is 5.26 Å². The molecule has 0 unspecified atom stereocenters. The van der Waals surface area contributed by atoms with E-state index in [9.17, 15) is 23.1 Å². The van der Waals surface area contributed by atoms with Gasteiger partial charge in [0, 0.05) is 0 Å². The quantitative estimate of drug-likeness (QED) is 0.592. The highest BCUT2D eigenvalue weighted by Crippen LogP contribution is 2.30. The zero-order valence-corrected chi connectivity index (χ0v) is 12.3. The van der Waals surface area contributed by atoms with Crippen LogP contribution in [0.2, 0.25) is 0 Å². The molecule has 124 valence electrons. The molecule has 2 aromatic rings. The predicted molar refractivity (Wildman–Crippen MR) is 80.8 cm³/mol. The topological polar surface area (TPSA) is 101 Å². The molecule has 0 radical (unpaired) electrons. The fourth-order valence-electron chi connectivity index (χ4n) is 1.95. The van der Waals surface area contributed by atoms with Gasteiger partial charge >= 0.3 is 6.18 Å². The molecule has 0 atom stereocenters. The van der Waals surface area contributed by atoms with Crippen LogP contribution in [-0.2, 0) is 6.18 Å². The second-order valence-corrected chi connectivity index (χ2v) is 4.78. The highest BCUT2D eigenvalue weighted by atomic mass is 19.4. The van der Waals surface area contributed by atoms with E-state index in [4.69, 9.17) is 5.26 Å². The normalized spacial score (nSPS) is 11.5. The average molecular weight is 336 g/mol. The number of aromatic hydroxyl groups is 1. The number of anilines is 1. The number of hydrazone groups is 1. The molecule has 2 rings (SSSR count). The van der Waals surface area contributed by atoms with E-state index in [-0.39, 0.29) is 22.4 Å². The molecule has 0 amide bonds. The number of hydrogen-bond acceptors (Lipinski definition) is 5. The molecule has 0 spiro atoms. The Balaban J connectivity index is 2.28. The summed E-state index contributed by atoms with van der Waals surface area (Å²) in [5.74, 6) is -0.494. The van der Waals surface area contributed by atoms with Gasteiger partial charge in [0.25, 0.3) is 5.56 Å². The van der Waals surface area contributed by atoms with Crippen molar-refractivity contribution in [2.45, 2.75) is 13.1 Å². The van der Waals surface area contributed by atoms with E-state index in [1.807, 2.05) is 0 Å². The van der Waals surface area contributed by atoms with Gasteiger partial charge in [0.05, 0.1) is 23.0 Å². The van der Waals surface area contributed by atoms with Crippen molar-refractivity contribution in [2.75, 3.05) is 5.43 Å². The van der Waals surface area contributed by atoms with E-state index in [1.165, 1.54) is 19.1 Å². The first-order valence-corrected chi connectivity index (χ1v) is 6.56. The molecular weight excluding hydrogens is 325 g/mol. The van der Waals surface area contributed by atoms with Crippen molar-refractivity contribution in [1.82, 2.24) is 4.98 Å². The standard InChI is InChI=1S/C15H11F3N4O2/c1-8-11(6-19)13(23)21-14(24)12(8)7-20-22-10-4-2-3-9(5-10)15(16,17)18/h2-5,7,22H,1H3,(H2,21,23,24). The zero-order chi connectivity index (χ0) is 17.9. The summed E-state index contributed by atoms with van der Waals surface area (Å²) in [7, 11) is 0. The molecule has 3 N–H and O–H groups in total. The Labute approximate surface area is 133 Å². The van der Waals surface area contributed by atoms with Crippen molar-refractivity contribution in [3.05, 3.63) is 56.9 Å². The number of nitriles is 1. The number of aromatic nitrogens is 1. The number of nitrogens with zero attached hydrogens (tertiary/aromatic N) is 2. The number of rotatable bonds is 3. The SMILES string of the molecule is Cc1c(C=NNc2cccc(C(F)(F)F)c2)c(O)[nH]c(=O)c1C#N. The third-order valence-corrected chi connectivity index (χ3v) is 3.18. The number of benzene rings is 1. The first-order chi connectivity index (χ1) is 11.2. The lowest BCUT2D eigenvalue weighted by Crippen LogP contribution is -2.14. The van der Waals surface area contributed by atoms with Gasteiger partial charge in [0.2, 0.25) is 5.88 Å². The Morgan fingerprint density at radius 2 is 2.12 bits per heavy atom. The van der Waals surface area contributed by atoms with Crippen LogP contribution < -0.4 is 11.0 Å².